The minimum atomic E-state index is -0.107. The summed E-state index contributed by atoms with van der Waals surface area (Å²) >= 11 is 0. The number of azo groups is 1. The van der Waals surface area contributed by atoms with Crippen LogP contribution in [0, 0.1) is 25.7 Å². The zero-order chi connectivity index (χ0) is 21.7. The third kappa shape index (κ3) is 5.53. The second-order valence-corrected chi connectivity index (χ2v) is 8.30. The van der Waals surface area contributed by atoms with Crippen LogP contribution in [0.25, 0.3) is 0 Å². The summed E-state index contributed by atoms with van der Waals surface area (Å²) < 4.78 is 0. The quantitative estimate of drug-likeness (QED) is 0.661. The molecule has 158 valence electrons. The monoisotopic (exact) mass is 406 g/mol. The van der Waals surface area contributed by atoms with Gasteiger partial charge in [0.05, 0.1) is 11.4 Å². The molecule has 6 heteroatoms. The van der Waals surface area contributed by atoms with Crippen LogP contribution < -0.4 is 5.32 Å². The highest BCUT2D eigenvalue weighted by atomic mass is 16.2. The van der Waals surface area contributed by atoms with Crippen LogP contribution in [0.4, 0.5) is 17.1 Å². The minimum Gasteiger partial charge on any atom is -0.342 e. The Bertz CT molecular complexity index is 927. The summed E-state index contributed by atoms with van der Waals surface area (Å²) in [6, 6.07) is 13.5. The molecule has 3 rings (SSSR count). The number of likely N-dealkylation sites (tertiary alicyclic amines) is 1. The minimum absolute atomic E-state index is 0.00983. The Labute approximate surface area is 178 Å². The molecule has 1 aliphatic heterocycles. The van der Waals surface area contributed by atoms with Gasteiger partial charge in [-0.25, -0.2) is 0 Å². The number of nitrogens with one attached hydrogen (secondary N) is 1. The molecule has 0 aliphatic carbocycles. The lowest BCUT2D eigenvalue weighted by molar-refractivity contribution is -0.137. The molecule has 6 nitrogen and oxygen atoms in total. The summed E-state index contributed by atoms with van der Waals surface area (Å²) in [6.07, 6.45) is 1.35. The van der Waals surface area contributed by atoms with Crippen molar-refractivity contribution in [2.75, 3.05) is 18.4 Å². The molecule has 0 atom stereocenters. The van der Waals surface area contributed by atoms with E-state index >= 15 is 0 Å². The van der Waals surface area contributed by atoms with Crippen LogP contribution in [0.1, 0.15) is 37.8 Å². The fourth-order valence-corrected chi connectivity index (χ4v) is 3.52. The Morgan fingerprint density at radius 1 is 0.967 bits per heavy atom. The van der Waals surface area contributed by atoms with Crippen LogP contribution in [0.3, 0.4) is 0 Å². The van der Waals surface area contributed by atoms with E-state index < -0.39 is 0 Å². The van der Waals surface area contributed by atoms with Gasteiger partial charge in [-0.15, -0.1) is 5.11 Å². The number of amides is 2. The van der Waals surface area contributed by atoms with E-state index in [4.69, 9.17) is 0 Å². The Hall–Kier alpha value is -3.02. The van der Waals surface area contributed by atoms with Crippen LogP contribution in [-0.4, -0.2) is 29.8 Å². The first-order chi connectivity index (χ1) is 14.3. The summed E-state index contributed by atoms with van der Waals surface area (Å²) in [5.74, 6) is 0.0160. The van der Waals surface area contributed by atoms with Crippen LogP contribution in [0.5, 0.6) is 0 Å². The molecular formula is C24H30N4O2. The van der Waals surface area contributed by atoms with Gasteiger partial charge in [0.1, 0.15) is 5.69 Å². The fourth-order valence-electron chi connectivity index (χ4n) is 3.52. The lowest BCUT2D eigenvalue weighted by Crippen LogP contribution is -2.43. The van der Waals surface area contributed by atoms with Gasteiger partial charge in [0.15, 0.2) is 0 Å². The average molecular weight is 407 g/mol. The summed E-state index contributed by atoms with van der Waals surface area (Å²) in [6.45, 7) is 9.08. The van der Waals surface area contributed by atoms with E-state index in [1.165, 1.54) is 5.56 Å². The summed E-state index contributed by atoms with van der Waals surface area (Å²) in [7, 11) is 0. The van der Waals surface area contributed by atoms with E-state index in [1.807, 2.05) is 75.1 Å². The van der Waals surface area contributed by atoms with Gasteiger partial charge in [-0.05, 0) is 56.5 Å². The molecule has 0 saturated carbocycles. The van der Waals surface area contributed by atoms with Crippen molar-refractivity contribution in [2.45, 2.75) is 40.5 Å². The topological polar surface area (TPSA) is 74.1 Å². The largest absolute Gasteiger partial charge is 0.342 e. The highest BCUT2D eigenvalue weighted by molar-refractivity contribution is 5.95. The van der Waals surface area contributed by atoms with Gasteiger partial charge in [0.2, 0.25) is 11.8 Å². The van der Waals surface area contributed by atoms with Gasteiger partial charge in [0.25, 0.3) is 0 Å². The van der Waals surface area contributed by atoms with Crippen LogP contribution >= 0.6 is 0 Å². The van der Waals surface area contributed by atoms with Gasteiger partial charge in [-0.1, -0.05) is 37.6 Å². The fraction of sp³-hybridized carbons (Fsp3) is 0.417. The van der Waals surface area contributed by atoms with Crippen molar-refractivity contribution in [1.82, 2.24) is 4.90 Å². The molecule has 1 heterocycles. The zero-order valence-electron chi connectivity index (χ0n) is 18.2. The van der Waals surface area contributed by atoms with Crippen molar-refractivity contribution in [3.05, 3.63) is 53.6 Å². The number of anilines is 1. The highest BCUT2D eigenvalue weighted by Gasteiger charge is 2.28. The predicted octanol–water partition coefficient (Wildman–Crippen LogP) is 5.55. The second kappa shape index (κ2) is 9.65. The molecule has 2 amide bonds. The molecule has 0 radical (unpaired) electrons. The Kier molecular flexibility index (Phi) is 6.98. The normalized spacial score (nSPS) is 15.0. The first-order valence-electron chi connectivity index (χ1n) is 10.5. The molecule has 0 bridgehead atoms. The Morgan fingerprint density at radius 3 is 2.23 bits per heavy atom. The SMILES string of the molecule is Cc1ccc(N=Nc2cc(C)ccc2NC(=O)C2CCN(C(=O)C(C)C)CC2)cc1. The van der Waals surface area contributed by atoms with Gasteiger partial charge >= 0.3 is 0 Å². The number of rotatable bonds is 5. The third-order valence-corrected chi connectivity index (χ3v) is 5.39. The number of hydrogen-bond acceptors (Lipinski definition) is 4. The zero-order valence-corrected chi connectivity index (χ0v) is 18.2. The summed E-state index contributed by atoms with van der Waals surface area (Å²) in [5, 5.41) is 11.7. The number of aryl methyl sites for hydroxylation is 2. The van der Waals surface area contributed by atoms with Gasteiger partial charge in [-0.2, -0.15) is 5.11 Å². The molecule has 0 aromatic heterocycles. The molecule has 1 saturated heterocycles. The van der Waals surface area contributed by atoms with Gasteiger partial charge in [-0.3, -0.25) is 9.59 Å². The molecule has 1 aliphatic rings. The van der Waals surface area contributed by atoms with E-state index in [0.29, 0.717) is 37.3 Å². The number of benzene rings is 2. The lowest BCUT2D eigenvalue weighted by atomic mass is 9.95. The van der Waals surface area contributed by atoms with E-state index in [9.17, 15) is 9.59 Å². The summed E-state index contributed by atoms with van der Waals surface area (Å²) in [5.41, 5.74) is 4.27. The maximum atomic E-state index is 12.8. The van der Waals surface area contributed by atoms with Gasteiger partial charge in [0, 0.05) is 24.9 Å². The number of carbonyl (C=O) groups is 2. The highest BCUT2D eigenvalue weighted by Crippen LogP contribution is 2.30. The smallest absolute Gasteiger partial charge is 0.227 e. The predicted molar refractivity (Wildman–Crippen MR) is 119 cm³/mol. The maximum Gasteiger partial charge on any atom is 0.227 e. The molecule has 1 fully saturated rings. The standard InChI is InChI=1S/C24H30N4O2/c1-16(2)24(30)28-13-11-19(12-14-28)23(29)25-21-10-7-18(4)15-22(21)27-26-20-8-5-17(3)6-9-20/h5-10,15-16,19H,11-14H2,1-4H3,(H,25,29). The van der Waals surface area contributed by atoms with Crippen LogP contribution in [0.2, 0.25) is 0 Å². The molecule has 0 unspecified atom stereocenters. The van der Waals surface area contributed by atoms with Crippen LogP contribution in [-0.2, 0) is 9.59 Å². The van der Waals surface area contributed by atoms with E-state index in [2.05, 4.69) is 15.5 Å². The van der Waals surface area contributed by atoms with E-state index in [0.717, 1.165) is 11.3 Å². The van der Waals surface area contributed by atoms with Crippen molar-refractivity contribution in [3.8, 4) is 0 Å². The van der Waals surface area contributed by atoms with Crippen molar-refractivity contribution in [1.29, 1.82) is 0 Å². The van der Waals surface area contributed by atoms with Crippen LogP contribution in [0.15, 0.2) is 52.7 Å². The van der Waals surface area contributed by atoms with Crippen molar-refractivity contribution in [3.63, 3.8) is 0 Å². The van der Waals surface area contributed by atoms with E-state index in [-0.39, 0.29) is 23.7 Å². The molecule has 0 spiro atoms. The van der Waals surface area contributed by atoms with E-state index in [1.54, 1.807) is 0 Å². The number of hydrogen-bond donors (Lipinski definition) is 1. The number of piperidine rings is 1. The van der Waals surface area contributed by atoms with Crippen molar-refractivity contribution < 1.29 is 9.59 Å². The molecule has 30 heavy (non-hydrogen) atoms. The maximum absolute atomic E-state index is 12.8. The van der Waals surface area contributed by atoms with Crippen molar-refractivity contribution in [2.24, 2.45) is 22.1 Å². The average Bonchev–Trinajstić information content (AvgIpc) is 2.74. The first kappa shape index (κ1) is 21.7. The third-order valence-electron chi connectivity index (χ3n) is 5.39. The molecule has 2 aromatic carbocycles. The molecule has 2 aromatic rings. The number of nitrogens with zero attached hydrogens (tertiary/aromatic N) is 3. The molecular weight excluding hydrogens is 376 g/mol. The molecule has 1 N–H and O–H groups in total. The van der Waals surface area contributed by atoms with Gasteiger partial charge < -0.3 is 10.2 Å². The first-order valence-corrected chi connectivity index (χ1v) is 10.5. The lowest BCUT2D eigenvalue weighted by Gasteiger charge is -2.32. The Balaban J connectivity index is 1.67. The summed E-state index contributed by atoms with van der Waals surface area (Å²) in [4.78, 5) is 26.9. The Morgan fingerprint density at radius 2 is 1.60 bits per heavy atom. The van der Waals surface area contributed by atoms with Crippen molar-refractivity contribution >= 4 is 28.9 Å². The second-order valence-electron chi connectivity index (χ2n) is 8.30. The number of carbonyl (C=O) groups excluding carboxylic acids is 2.